The molecule has 3 aromatic carbocycles. The van der Waals surface area contributed by atoms with Gasteiger partial charge >= 0.3 is 0 Å². The smallest absolute Gasteiger partial charge is 0.228 e. The summed E-state index contributed by atoms with van der Waals surface area (Å²) < 4.78 is 0. The maximum atomic E-state index is 13.0. The number of hydrogen-bond donors (Lipinski definition) is 1. The minimum Gasteiger partial charge on any atom is -0.345 e. The molecule has 0 aromatic heterocycles. The molecule has 0 aliphatic carbocycles. The Balaban J connectivity index is 1.88. The Morgan fingerprint density at radius 1 is 0.720 bits per heavy atom. The van der Waals surface area contributed by atoms with Crippen molar-refractivity contribution >= 4 is 5.91 Å². The van der Waals surface area contributed by atoms with Crippen LogP contribution in [0.25, 0.3) is 0 Å². The molecule has 1 amide bonds. The van der Waals surface area contributed by atoms with Crippen molar-refractivity contribution < 1.29 is 4.79 Å². The zero-order chi connectivity index (χ0) is 17.5. The van der Waals surface area contributed by atoms with Crippen molar-refractivity contribution in [1.29, 1.82) is 0 Å². The molecule has 126 valence electrons. The van der Waals surface area contributed by atoms with Crippen molar-refractivity contribution in [1.82, 2.24) is 5.32 Å². The number of amides is 1. The van der Waals surface area contributed by atoms with Gasteiger partial charge in [0.25, 0.3) is 0 Å². The molecule has 0 heterocycles. The van der Waals surface area contributed by atoms with Gasteiger partial charge in [-0.05, 0) is 23.1 Å². The third-order valence-corrected chi connectivity index (χ3v) is 4.48. The van der Waals surface area contributed by atoms with E-state index in [1.165, 1.54) is 0 Å². The number of rotatable bonds is 6. The Labute approximate surface area is 149 Å². The Morgan fingerprint density at radius 3 is 1.52 bits per heavy atom. The van der Waals surface area contributed by atoms with Gasteiger partial charge in [-0.3, -0.25) is 4.79 Å². The summed E-state index contributed by atoms with van der Waals surface area (Å²) in [6, 6.07) is 30.1. The molecule has 0 aliphatic heterocycles. The monoisotopic (exact) mass is 329 g/mol. The van der Waals surface area contributed by atoms with E-state index in [2.05, 4.69) is 36.5 Å². The molecule has 2 heteroatoms. The van der Waals surface area contributed by atoms with E-state index in [0.29, 0.717) is 0 Å². The van der Waals surface area contributed by atoms with Crippen molar-refractivity contribution in [2.75, 3.05) is 0 Å². The van der Waals surface area contributed by atoms with Gasteiger partial charge < -0.3 is 5.32 Å². The highest BCUT2D eigenvalue weighted by molar-refractivity contribution is 5.84. The van der Waals surface area contributed by atoms with E-state index >= 15 is 0 Å². The van der Waals surface area contributed by atoms with Crippen molar-refractivity contribution in [2.45, 2.75) is 25.3 Å². The fraction of sp³-hybridized carbons (Fsp3) is 0.174. The van der Waals surface area contributed by atoms with Crippen LogP contribution in [0.15, 0.2) is 91.0 Å². The van der Waals surface area contributed by atoms with E-state index in [1.54, 1.807) is 0 Å². The quantitative estimate of drug-likeness (QED) is 0.671. The van der Waals surface area contributed by atoms with E-state index < -0.39 is 0 Å². The van der Waals surface area contributed by atoms with Crippen LogP contribution in [-0.4, -0.2) is 5.91 Å². The SMILES string of the molecule is CC[C@H](C(=O)NC(c1ccccc1)c1ccccc1)c1ccccc1. The van der Waals surface area contributed by atoms with Gasteiger partial charge in [0.1, 0.15) is 0 Å². The van der Waals surface area contributed by atoms with Crippen LogP contribution in [0.4, 0.5) is 0 Å². The molecule has 1 N–H and O–H groups in total. The largest absolute Gasteiger partial charge is 0.345 e. The minimum atomic E-state index is -0.146. The molecule has 2 nitrogen and oxygen atoms in total. The van der Waals surface area contributed by atoms with E-state index in [1.807, 2.05) is 66.7 Å². The standard InChI is InChI=1S/C23H23NO/c1-2-21(18-12-6-3-7-13-18)23(25)24-22(19-14-8-4-9-15-19)20-16-10-5-11-17-20/h3-17,21-22H,2H2,1H3,(H,24,25)/t21-/m0/s1. The van der Waals surface area contributed by atoms with Gasteiger partial charge in [0.2, 0.25) is 5.91 Å². The highest BCUT2D eigenvalue weighted by Gasteiger charge is 2.23. The molecule has 0 saturated heterocycles. The maximum absolute atomic E-state index is 13.0. The first-order valence-electron chi connectivity index (χ1n) is 8.74. The van der Waals surface area contributed by atoms with Gasteiger partial charge in [0, 0.05) is 0 Å². The van der Waals surface area contributed by atoms with Crippen LogP contribution in [0.2, 0.25) is 0 Å². The lowest BCUT2D eigenvalue weighted by atomic mass is 9.93. The Hall–Kier alpha value is -2.87. The van der Waals surface area contributed by atoms with Gasteiger partial charge in [-0.25, -0.2) is 0 Å². The molecule has 3 aromatic rings. The Bertz CT molecular complexity index is 745. The van der Waals surface area contributed by atoms with Gasteiger partial charge in [0.05, 0.1) is 12.0 Å². The average Bonchev–Trinajstić information content (AvgIpc) is 2.69. The minimum absolute atomic E-state index is 0.0615. The summed E-state index contributed by atoms with van der Waals surface area (Å²) >= 11 is 0. The zero-order valence-electron chi connectivity index (χ0n) is 14.4. The van der Waals surface area contributed by atoms with Crippen LogP contribution in [0.5, 0.6) is 0 Å². The van der Waals surface area contributed by atoms with Gasteiger partial charge in [-0.1, -0.05) is 97.9 Å². The normalized spacial score (nSPS) is 11.9. The average molecular weight is 329 g/mol. The van der Waals surface area contributed by atoms with Gasteiger partial charge in [-0.15, -0.1) is 0 Å². The van der Waals surface area contributed by atoms with Gasteiger partial charge in [0.15, 0.2) is 0 Å². The molecular weight excluding hydrogens is 306 g/mol. The Kier molecular flexibility index (Phi) is 5.63. The lowest BCUT2D eigenvalue weighted by molar-refractivity contribution is -0.123. The van der Waals surface area contributed by atoms with E-state index in [0.717, 1.165) is 23.1 Å². The highest BCUT2D eigenvalue weighted by Crippen LogP contribution is 2.25. The summed E-state index contributed by atoms with van der Waals surface area (Å²) in [7, 11) is 0. The van der Waals surface area contributed by atoms with Crippen LogP contribution in [-0.2, 0) is 4.79 Å². The summed E-state index contributed by atoms with van der Waals surface area (Å²) in [5.74, 6) is -0.0810. The molecule has 0 fully saturated rings. The highest BCUT2D eigenvalue weighted by atomic mass is 16.1. The molecular formula is C23H23NO. The first-order chi connectivity index (χ1) is 12.3. The van der Waals surface area contributed by atoms with Crippen molar-refractivity contribution in [3.63, 3.8) is 0 Å². The lowest BCUT2D eigenvalue weighted by Gasteiger charge is -2.23. The fourth-order valence-corrected chi connectivity index (χ4v) is 3.15. The van der Waals surface area contributed by atoms with Crippen LogP contribution >= 0.6 is 0 Å². The van der Waals surface area contributed by atoms with Crippen LogP contribution in [0, 0.1) is 0 Å². The summed E-state index contributed by atoms with van der Waals surface area (Å²) in [4.78, 5) is 13.0. The van der Waals surface area contributed by atoms with E-state index in [9.17, 15) is 4.79 Å². The van der Waals surface area contributed by atoms with E-state index in [4.69, 9.17) is 0 Å². The topological polar surface area (TPSA) is 29.1 Å². The summed E-state index contributed by atoms with van der Waals surface area (Å²) in [6.45, 7) is 2.05. The van der Waals surface area contributed by atoms with Crippen molar-refractivity contribution in [3.8, 4) is 0 Å². The summed E-state index contributed by atoms with van der Waals surface area (Å²) in [5, 5.41) is 3.26. The predicted molar refractivity (Wildman–Crippen MR) is 102 cm³/mol. The molecule has 0 spiro atoms. The van der Waals surface area contributed by atoms with Crippen molar-refractivity contribution in [2.24, 2.45) is 0 Å². The molecule has 0 aliphatic rings. The maximum Gasteiger partial charge on any atom is 0.228 e. The van der Waals surface area contributed by atoms with Crippen LogP contribution in [0.3, 0.4) is 0 Å². The molecule has 0 saturated carbocycles. The third-order valence-electron chi connectivity index (χ3n) is 4.48. The van der Waals surface area contributed by atoms with E-state index in [-0.39, 0.29) is 17.9 Å². The number of hydrogen-bond acceptors (Lipinski definition) is 1. The zero-order valence-corrected chi connectivity index (χ0v) is 14.4. The molecule has 0 bridgehead atoms. The molecule has 1 atom stereocenters. The molecule has 25 heavy (non-hydrogen) atoms. The molecule has 0 unspecified atom stereocenters. The number of carbonyl (C=O) groups excluding carboxylic acids is 1. The summed E-state index contributed by atoms with van der Waals surface area (Å²) in [5.41, 5.74) is 3.23. The first-order valence-corrected chi connectivity index (χ1v) is 8.74. The second-order valence-electron chi connectivity index (χ2n) is 6.13. The number of carbonyl (C=O) groups is 1. The van der Waals surface area contributed by atoms with Crippen molar-refractivity contribution in [3.05, 3.63) is 108 Å². The Morgan fingerprint density at radius 2 is 1.12 bits per heavy atom. The predicted octanol–water partition coefficient (Wildman–Crippen LogP) is 5.09. The molecule has 3 rings (SSSR count). The van der Waals surface area contributed by atoms with Crippen LogP contribution < -0.4 is 5.32 Å². The first kappa shape index (κ1) is 17.0. The number of benzene rings is 3. The fourth-order valence-electron chi connectivity index (χ4n) is 3.15. The second-order valence-corrected chi connectivity index (χ2v) is 6.13. The summed E-state index contributed by atoms with van der Waals surface area (Å²) in [6.07, 6.45) is 0.770. The third kappa shape index (κ3) is 4.16. The number of nitrogens with one attached hydrogen (secondary N) is 1. The molecule has 0 radical (unpaired) electrons. The lowest BCUT2D eigenvalue weighted by Crippen LogP contribution is -2.33. The second kappa shape index (κ2) is 8.29. The van der Waals surface area contributed by atoms with Crippen LogP contribution in [0.1, 0.15) is 42.0 Å². The van der Waals surface area contributed by atoms with Gasteiger partial charge in [-0.2, -0.15) is 0 Å².